The van der Waals surface area contributed by atoms with E-state index in [0.717, 1.165) is 0 Å². The Balaban J connectivity index is 0. The minimum Gasteiger partial charge on any atom is -0.320 e. The first-order chi connectivity index (χ1) is 4.91. The number of hydrogen-bond donors (Lipinski definition) is 2. The lowest BCUT2D eigenvalue weighted by Crippen LogP contribution is -2.09. The molecule has 0 unspecified atom stereocenters. The predicted octanol–water partition coefficient (Wildman–Crippen LogP) is 1.41. The Kier molecular flexibility index (Phi) is 16.1. The monoisotopic (exact) mass is 180 g/mol. The fourth-order valence-corrected chi connectivity index (χ4v) is 0.957. The van der Waals surface area contributed by atoms with E-state index in [0.29, 0.717) is 0 Å². The van der Waals surface area contributed by atoms with Crippen LogP contribution in [0.5, 0.6) is 0 Å². The van der Waals surface area contributed by atoms with E-state index in [9.17, 15) is 0 Å². The van der Waals surface area contributed by atoms with Crippen LogP contribution in [-0.4, -0.2) is 27.2 Å². The van der Waals surface area contributed by atoms with Crippen molar-refractivity contribution in [1.82, 2.24) is 10.6 Å². The summed E-state index contributed by atoms with van der Waals surface area (Å²) in [5.41, 5.74) is 0. The topological polar surface area (TPSA) is 24.1 Å². The van der Waals surface area contributed by atoms with Gasteiger partial charge in [-0.05, 0) is 40.0 Å². The highest BCUT2D eigenvalue weighted by atomic mass is 35.5. The third kappa shape index (κ3) is 13.2. The average molecular weight is 181 g/mol. The molecule has 0 aliphatic carbocycles. The summed E-state index contributed by atoms with van der Waals surface area (Å²) in [7, 11) is 4.02. The highest BCUT2D eigenvalue weighted by molar-refractivity contribution is 5.85. The van der Waals surface area contributed by atoms with Crippen LogP contribution in [0.4, 0.5) is 0 Å². The van der Waals surface area contributed by atoms with Crippen molar-refractivity contribution < 1.29 is 0 Å². The van der Waals surface area contributed by atoms with Crippen molar-refractivity contribution in [1.29, 1.82) is 0 Å². The van der Waals surface area contributed by atoms with Crippen molar-refractivity contribution in [2.24, 2.45) is 0 Å². The molecule has 0 heterocycles. The van der Waals surface area contributed by atoms with Crippen LogP contribution in [0.1, 0.15) is 25.7 Å². The second-order valence-corrected chi connectivity index (χ2v) is 2.62. The zero-order valence-corrected chi connectivity index (χ0v) is 8.47. The summed E-state index contributed by atoms with van der Waals surface area (Å²) >= 11 is 0. The number of hydrogen-bond acceptors (Lipinski definition) is 2. The molecule has 70 valence electrons. The van der Waals surface area contributed by atoms with Crippen LogP contribution in [0.2, 0.25) is 0 Å². The maximum absolute atomic E-state index is 3.14. The molecule has 0 atom stereocenters. The van der Waals surface area contributed by atoms with Gasteiger partial charge in [-0.15, -0.1) is 12.4 Å². The first-order valence-electron chi connectivity index (χ1n) is 4.21. The molecule has 0 saturated heterocycles. The number of unbranched alkanes of at least 4 members (excludes halogenated alkanes) is 3. The molecule has 11 heavy (non-hydrogen) atoms. The molecular weight excluding hydrogens is 160 g/mol. The average Bonchev–Trinajstić information content (AvgIpc) is 1.97. The first-order valence-corrected chi connectivity index (χ1v) is 4.21. The normalized spacial score (nSPS) is 9.27. The van der Waals surface area contributed by atoms with Crippen LogP contribution >= 0.6 is 12.4 Å². The van der Waals surface area contributed by atoms with Crippen molar-refractivity contribution in [3.8, 4) is 0 Å². The van der Waals surface area contributed by atoms with Gasteiger partial charge in [-0.3, -0.25) is 0 Å². The van der Waals surface area contributed by atoms with Crippen molar-refractivity contribution in [3.05, 3.63) is 0 Å². The lowest BCUT2D eigenvalue weighted by atomic mass is 10.2. The van der Waals surface area contributed by atoms with E-state index < -0.39 is 0 Å². The predicted molar refractivity (Wildman–Crippen MR) is 53.6 cm³/mol. The fraction of sp³-hybridized carbons (Fsp3) is 1.00. The fourth-order valence-electron chi connectivity index (χ4n) is 0.957. The molecule has 0 bridgehead atoms. The van der Waals surface area contributed by atoms with E-state index in [2.05, 4.69) is 10.6 Å². The maximum atomic E-state index is 3.14. The minimum absolute atomic E-state index is 0. The van der Waals surface area contributed by atoms with Crippen molar-refractivity contribution in [2.45, 2.75) is 25.7 Å². The second-order valence-electron chi connectivity index (χ2n) is 2.62. The van der Waals surface area contributed by atoms with E-state index in [1.165, 1.54) is 38.8 Å². The Hall–Kier alpha value is 0.210. The summed E-state index contributed by atoms with van der Waals surface area (Å²) in [5, 5.41) is 6.29. The smallest absolute Gasteiger partial charge is 0.00519 e. The molecule has 0 fully saturated rings. The Morgan fingerprint density at radius 2 is 1.09 bits per heavy atom. The highest BCUT2D eigenvalue weighted by Crippen LogP contribution is 1.96. The molecule has 2 N–H and O–H groups in total. The van der Waals surface area contributed by atoms with E-state index in [-0.39, 0.29) is 12.4 Å². The van der Waals surface area contributed by atoms with Crippen LogP contribution in [-0.2, 0) is 0 Å². The van der Waals surface area contributed by atoms with Gasteiger partial charge in [0, 0.05) is 0 Å². The molecule has 2 nitrogen and oxygen atoms in total. The van der Waals surface area contributed by atoms with Gasteiger partial charge >= 0.3 is 0 Å². The summed E-state index contributed by atoms with van der Waals surface area (Å²) in [5.74, 6) is 0. The molecule has 0 amide bonds. The molecule has 0 aromatic carbocycles. The van der Waals surface area contributed by atoms with E-state index in [1.54, 1.807) is 0 Å². The van der Waals surface area contributed by atoms with E-state index in [1.807, 2.05) is 14.1 Å². The van der Waals surface area contributed by atoms with Gasteiger partial charge < -0.3 is 10.6 Å². The molecule has 0 spiro atoms. The quantitative estimate of drug-likeness (QED) is 0.579. The first kappa shape index (κ1) is 13.8. The Labute approximate surface area is 76.5 Å². The van der Waals surface area contributed by atoms with Crippen LogP contribution in [0.3, 0.4) is 0 Å². The Bertz CT molecular complexity index is 52.1. The Morgan fingerprint density at radius 3 is 1.36 bits per heavy atom. The zero-order chi connectivity index (χ0) is 7.66. The maximum Gasteiger partial charge on any atom is -0.00519 e. The largest absolute Gasteiger partial charge is 0.320 e. The van der Waals surface area contributed by atoms with Gasteiger partial charge in [0.2, 0.25) is 0 Å². The minimum atomic E-state index is 0. The molecule has 0 saturated carbocycles. The van der Waals surface area contributed by atoms with Gasteiger partial charge in [0.1, 0.15) is 0 Å². The Morgan fingerprint density at radius 1 is 0.727 bits per heavy atom. The van der Waals surface area contributed by atoms with Gasteiger partial charge in [-0.2, -0.15) is 0 Å². The van der Waals surface area contributed by atoms with Crippen LogP contribution in [0.25, 0.3) is 0 Å². The standard InChI is InChI=1S/C8H20N2.ClH/c1-9-7-5-3-4-6-8-10-2;/h9-10H,3-8H2,1-2H3;1H. The number of rotatable bonds is 7. The van der Waals surface area contributed by atoms with E-state index in [4.69, 9.17) is 0 Å². The van der Waals surface area contributed by atoms with Crippen molar-refractivity contribution >= 4 is 12.4 Å². The molecule has 0 aromatic rings. The van der Waals surface area contributed by atoms with Gasteiger partial charge in [0.05, 0.1) is 0 Å². The zero-order valence-electron chi connectivity index (χ0n) is 7.65. The number of halogens is 1. The summed E-state index contributed by atoms with van der Waals surface area (Å²) in [6, 6.07) is 0. The molecule has 0 radical (unpaired) electrons. The van der Waals surface area contributed by atoms with Gasteiger partial charge in [-0.1, -0.05) is 12.8 Å². The molecule has 0 aliphatic heterocycles. The van der Waals surface area contributed by atoms with E-state index >= 15 is 0 Å². The number of nitrogens with one attached hydrogen (secondary N) is 2. The SMILES string of the molecule is CNCCCCCCNC.Cl. The van der Waals surface area contributed by atoms with Crippen LogP contribution in [0.15, 0.2) is 0 Å². The van der Waals surface area contributed by atoms with Crippen molar-refractivity contribution in [3.63, 3.8) is 0 Å². The summed E-state index contributed by atoms with van der Waals surface area (Å²) in [6.45, 7) is 2.33. The second kappa shape index (κ2) is 12.8. The van der Waals surface area contributed by atoms with Crippen molar-refractivity contribution in [2.75, 3.05) is 27.2 Å². The molecule has 0 rings (SSSR count). The molecule has 3 heteroatoms. The summed E-state index contributed by atoms with van der Waals surface area (Å²) < 4.78 is 0. The lowest BCUT2D eigenvalue weighted by molar-refractivity contribution is 0.600. The third-order valence-corrected chi connectivity index (χ3v) is 1.60. The third-order valence-electron chi connectivity index (χ3n) is 1.60. The highest BCUT2D eigenvalue weighted by Gasteiger charge is 1.86. The van der Waals surface area contributed by atoms with Gasteiger partial charge in [0.15, 0.2) is 0 Å². The summed E-state index contributed by atoms with van der Waals surface area (Å²) in [4.78, 5) is 0. The molecule has 0 aromatic heterocycles. The molecule has 0 aliphatic rings. The van der Waals surface area contributed by atoms with Crippen LogP contribution < -0.4 is 10.6 Å². The lowest BCUT2D eigenvalue weighted by Gasteiger charge is -1.99. The van der Waals surface area contributed by atoms with Gasteiger partial charge in [0.25, 0.3) is 0 Å². The van der Waals surface area contributed by atoms with Gasteiger partial charge in [-0.25, -0.2) is 0 Å². The summed E-state index contributed by atoms with van der Waals surface area (Å²) in [6.07, 6.45) is 5.37. The molecular formula is C8H21ClN2. The van der Waals surface area contributed by atoms with Crippen LogP contribution in [0, 0.1) is 0 Å².